The van der Waals surface area contributed by atoms with Crippen LogP contribution in [-0.4, -0.2) is 36.2 Å². The molecule has 0 aromatic heterocycles. The summed E-state index contributed by atoms with van der Waals surface area (Å²) in [4.78, 5) is 2.31. The van der Waals surface area contributed by atoms with Gasteiger partial charge in [-0.05, 0) is 24.1 Å². The molecule has 0 atom stereocenters. The van der Waals surface area contributed by atoms with Crippen molar-refractivity contribution in [3.05, 3.63) is 35.6 Å². The molecule has 1 saturated heterocycles. The van der Waals surface area contributed by atoms with Crippen molar-refractivity contribution in [2.24, 2.45) is 5.92 Å². The lowest BCUT2D eigenvalue weighted by Gasteiger charge is -2.38. The first-order chi connectivity index (χ1) is 7.28. The first-order valence-corrected chi connectivity index (χ1v) is 5.35. The number of hydrogen-bond acceptors (Lipinski definition) is 2. The minimum atomic E-state index is -0.178. The zero-order valence-electron chi connectivity index (χ0n) is 8.69. The van der Waals surface area contributed by atoms with Gasteiger partial charge in [-0.2, -0.15) is 0 Å². The fourth-order valence-corrected chi connectivity index (χ4v) is 1.91. The van der Waals surface area contributed by atoms with Crippen LogP contribution in [0, 0.1) is 11.7 Å². The summed E-state index contributed by atoms with van der Waals surface area (Å²) in [6, 6.07) is 6.67. The number of likely N-dealkylation sites (tertiary alicyclic amines) is 1. The third-order valence-electron chi connectivity index (χ3n) is 2.92. The van der Waals surface area contributed by atoms with Gasteiger partial charge in [-0.3, -0.25) is 0 Å². The van der Waals surface area contributed by atoms with Crippen molar-refractivity contribution in [2.45, 2.75) is 6.42 Å². The summed E-state index contributed by atoms with van der Waals surface area (Å²) in [5.74, 6) is 0.293. The molecule has 1 fully saturated rings. The van der Waals surface area contributed by atoms with Gasteiger partial charge in [-0.1, -0.05) is 12.1 Å². The Morgan fingerprint density at radius 2 is 1.93 bits per heavy atom. The van der Waals surface area contributed by atoms with Crippen LogP contribution in [0.25, 0.3) is 0 Å². The van der Waals surface area contributed by atoms with E-state index in [0.29, 0.717) is 12.5 Å². The van der Waals surface area contributed by atoms with Gasteiger partial charge in [0, 0.05) is 32.2 Å². The fourth-order valence-electron chi connectivity index (χ4n) is 1.91. The molecule has 0 amide bonds. The van der Waals surface area contributed by atoms with E-state index in [1.165, 1.54) is 17.7 Å². The molecule has 0 unspecified atom stereocenters. The van der Waals surface area contributed by atoms with Crippen LogP contribution in [0.2, 0.25) is 0 Å². The van der Waals surface area contributed by atoms with E-state index in [1.807, 2.05) is 12.1 Å². The van der Waals surface area contributed by atoms with Gasteiger partial charge < -0.3 is 10.0 Å². The topological polar surface area (TPSA) is 23.5 Å². The molecular weight excluding hydrogens is 193 g/mol. The van der Waals surface area contributed by atoms with Crippen LogP contribution < -0.4 is 0 Å². The lowest BCUT2D eigenvalue weighted by molar-refractivity contribution is 0.0551. The first kappa shape index (κ1) is 10.6. The highest BCUT2D eigenvalue weighted by molar-refractivity contribution is 5.16. The molecule has 1 aromatic carbocycles. The SMILES string of the molecule is OCC1CN(CCc2ccc(F)cc2)C1. The maximum atomic E-state index is 12.6. The van der Waals surface area contributed by atoms with Crippen molar-refractivity contribution >= 4 is 0 Å². The van der Waals surface area contributed by atoms with Crippen molar-refractivity contribution in [1.82, 2.24) is 4.90 Å². The summed E-state index contributed by atoms with van der Waals surface area (Å²) in [7, 11) is 0. The Kier molecular flexibility index (Phi) is 3.34. The van der Waals surface area contributed by atoms with E-state index in [4.69, 9.17) is 5.11 Å². The number of benzene rings is 1. The highest BCUT2D eigenvalue weighted by atomic mass is 19.1. The number of aliphatic hydroxyl groups excluding tert-OH is 1. The lowest BCUT2D eigenvalue weighted by atomic mass is 10.0. The number of halogens is 1. The predicted molar refractivity (Wildman–Crippen MR) is 57.1 cm³/mol. The van der Waals surface area contributed by atoms with Gasteiger partial charge in [0.25, 0.3) is 0 Å². The first-order valence-electron chi connectivity index (χ1n) is 5.35. The summed E-state index contributed by atoms with van der Waals surface area (Å²) in [5.41, 5.74) is 1.17. The summed E-state index contributed by atoms with van der Waals surface area (Å²) < 4.78 is 12.6. The molecule has 82 valence electrons. The Bertz CT molecular complexity index is 306. The molecule has 1 heterocycles. The molecule has 1 N–H and O–H groups in total. The fraction of sp³-hybridized carbons (Fsp3) is 0.500. The van der Waals surface area contributed by atoms with Crippen LogP contribution in [-0.2, 0) is 6.42 Å². The van der Waals surface area contributed by atoms with Crippen LogP contribution >= 0.6 is 0 Å². The number of rotatable bonds is 4. The van der Waals surface area contributed by atoms with E-state index < -0.39 is 0 Å². The average molecular weight is 209 g/mol. The maximum absolute atomic E-state index is 12.6. The maximum Gasteiger partial charge on any atom is 0.123 e. The van der Waals surface area contributed by atoms with Gasteiger partial charge in [0.2, 0.25) is 0 Å². The molecule has 2 rings (SSSR count). The van der Waals surface area contributed by atoms with Gasteiger partial charge in [0.15, 0.2) is 0 Å². The second kappa shape index (κ2) is 4.73. The molecule has 3 heteroatoms. The summed E-state index contributed by atoms with van der Waals surface area (Å²) >= 11 is 0. The van der Waals surface area contributed by atoms with Crippen LogP contribution in [0.4, 0.5) is 4.39 Å². The van der Waals surface area contributed by atoms with E-state index in [-0.39, 0.29) is 5.82 Å². The molecule has 0 bridgehead atoms. The minimum Gasteiger partial charge on any atom is -0.396 e. The van der Waals surface area contributed by atoms with Gasteiger partial charge >= 0.3 is 0 Å². The van der Waals surface area contributed by atoms with E-state index in [2.05, 4.69) is 4.90 Å². The van der Waals surface area contributed by atoms with Crippen molar-refractivity contribution in [1.29, 1.82) is 0 Å². The summed E-state index contributed by atoms with van der Waals surface area (Å²) in [6.07, 6.45) is 0.957. The van der Waals surface area contributed by atoms with Gasteiger partial charge in [-0.25, -0.2) is 4.39 Å². The summed E-state index contributed by atoms with van der Waals surface area (Å²) in [6.45, 7) is 3.30. The Morgan fingerprint density at radius 3 is 2.53 bits per heavy atom. The van der Waals surface area contributed by atoms with Crippen molar-refractivity contribution in [2.75, 3.05) is 26.2 Å². The Hall–Kier alpha value is -0.930. The molecule has 0 radical (unpaired) electrons. The molecular formula is C12H16FNO. The molecule has 1 aliphatic heterocycles. The van der Waals surface area contributed by atoms with Crippen LogP contribution in [0.3, 0.4) is 0 Å². The molecule has 0 spiro atoms. The second-order valence-corrected chi connectivity index (χ2v) is 4.18. The normalized spacial score (nSPS) is 17.7. The molecule has 0 aliphatic carbocycles. The highest BCUT2D eigenvalue weighted by Crippen LogP contribution is 2.15. The predicted octanol–water partition coefficient (Wildman–Crippen LogP) is 1.29. The molecule has 2 nitrogen and oxygen atoms in total. The largest absolute Gasteiger partial charge is 0.396 e. The quantitative estimate of drug-likeness (QED) is 0.807. The minimum absolute atomic E-state index is 0.178. The van der Waals surface area contributed by atoms with Crippen molar-refractivity contribution < 1.29 is 9.50 Å². The Morgan fingerprint density at radius 1 is 1.27 bits per heavy atom. The lowest BCUT2D eigenvalue weighted by Crippen LogP contribution is -2.48. The van der Waals surface area contributed by atoms with Crippen LogP contribution in [0.15, 0.2) is 24.3 Å². The van der Waals surface area contributed by atoms with Gasteiger partial charge in [-0.15, -0.1) is 0 Å². The molecule has 0 saturated carbocycles. The van der Waals surface area contributed by atoms with Gasteiger partial charge in [0.05, 0.1) is 0 Å². The molecule has 1 aromatic rings. The van der Waals surface area contributed by atoms with Crippen molar-refractivity contribution in [3.8, 4) is 0 Å². The van der Waals surface area contributed by atoms with E-state index in [0.717, 1.165) is 26.1 Å². The Balaban J connectivity index is 1.72. The number of aliphatic hydroxyl groups is 1. The standard InChI is InChI=1S/C12H16FNO/c13-12-3-1-10(2-4-12)5-6-14-7-11(8-14)9-15/h1-4,11,15H,5-9H2. The van der Waals surface area contributed by atoms with Gasteiger partial charge in [0.1, 0.15) is 5.82 Å². The second-order valence-electron chi connectivity index (χ2n) is 4.18. The average Bonchev–Trinajstić information content (AvgIpc) is 2.19. The molecule has 15 heavy (non-hydrogen) atoms. The van der Waals surface area contributed by atoms with E-state index >= 15 is 0 Å². The molecule has 1 aliphatic rings. The summed E-state index contributed by atoms with van der Waals surface area (Å²) in [5, 5.41) is 8.85. The third kappa shape index (κ3) is 2.76. The number of nitrogens with zero attached hydrogens (tertiary/aromatic N) is 1. The van der Waals surface area contributed by atoms with E-state index in [1.54, 1.807) is 0 Å². The monoisotopic (exact) mass is 209 g/mol. The van der Waals surface area contributed by atoms with Crippen LogP contribution in [0.1, 0.15) is 5.56 Å². The van der Waals surface area contributed by atoms with Crippen LogP contribution in [0.5, 0.6) is 0 Å². The zero-order chi connectivity index (χ0) is 10.7. The van der Waals surface area contributed by atoms with Crippen molar-refractivity contribution in [3.63, 3.8) is 0 Å². The Labute approximate surface area is 89.3 Å². The number of hydrogen-bond donors (Lipinski definition) is 1. The zero-order valence-corrected chi connectivity index (χ0v) is 8.69. The third-order valence-corrected chi connectivity index (χ3v) is 2.92. The highest BCUT2D eigenvalue weighted by Gasteiger charge is 2.24. The smallest absolute Gasteiger partial charge is 0.123 e. The van der Waals surface area contributed by atoms with E-state index in [9.17, 15) is 4.39 Å².